The van der Waals surface area contributed by atoms with E-state index in [0.29, 0.717) is 6.42 Å². The molecular formula is C19H25NO3. The fourth-order valence-corrected chi connectivity index (χ4v) is 2.64. The summed E-state index contributed by atoms with van der Waals surface area (Å²) in [5, 5.41) is 4.94. The Balaban J connectivity index is 2.33. The summed E-state index contributed by atoms with van der Waals surface area (Å²) in [4.78, 5) is 12.7. The van der Waals surface area contributed by atoms with Crippen LogP contribution in [0.15, 0.2) is 36.4 Å². The molecule has 1 amide bonds. The largest absolute Gasteiger partial charge is 0.496 e. The number of fused-ring (bicyclic) bond motifs is 1. The summed E-state index contributed by atoms with van der Waals surface area (Å²) in [7, 11) is 3.23. The van der Waals surface area contributed by atoms with E-state index in [2.05, 4.69) is 12.2 Å². The van der Waals surface area contributed by atoms with Crippen LogP contribution in [0.2, 0.25) is 0 Å². The Bertz CT molecular complexity index is 683. The van der Waals surface area contributed by atoms with Gasteiger partial charge in [0.05, 0.1) is 7.11 Å². The summed E-state index contributed by atoms with van der Waals surface area (Å²) in [6.45, 7) is 3.94. The van der Waals surface area contributed by atoms with Gasteiger partial charge in [-0.1, -0.05) is 44.0 Å². The highest BCUT2D eigenvalue weighted by molar-refractivity contribution is 6.06. The van der Waals surface area contributed by atoms with Gasteiger partial charge in [0.1, 0.15) is 11.4 Å². The number of methoxy groups -OCH3 is 2. The molecule has 0 heterocycles. The van der Waals surface area contributed by atoms with Crippen LogP contribution in [-0.2, 0) is 9.53 Å². The van der Waals surface area contributed by atoms with E-state index in [-0.39, 0.29) is 5.91 Å². The van der Waals surface area contributed by atoms with Gasteiger partial charge in [0.2, 0.25) is 0 Å². The number of benzene rings is 2. The first-order valence-electron chi connectivity index (χ1n) is 7.98. The van der Waals surface area contributed by atoms with Crippen molar-refractivity contribution in [2.24, 2.45) is 0 Å². The number of amides is 1. The number of nitrogens with one attached hydrogen (secondary N) is 1. The Labute approximate surface area is 137 Å². The normalized spacial score (nSPS) is 13.6. The zero-order valence-electron chi connectivity index (χ0n) is 14.3. The van der Waals surface area contributed by atoms with Crippen LogP contribution in [0.25, 0.3) is 10.8 Å². The maximum absolute atomic E-state index is 12.7. The molecular weight excluding hydrogens is 290 g/mol. The molecule has 1 atom stereocenters. The van der Waals surface area contributed by atoms with Crippen molar-refractivity contribution in [1.82, 2.24) is 0 Å². The molecule has 124 valence electrons. The van der Waals surface area contributed by atoms with Crippen LogP contribution in [0.5, 0.6) is 5.75 Å². The summed E-state index contributed by atoms with van der Waals surface area (Å²) >= 11 is 0. The van der Waals surface area contributed by atoms with Gasteiger partial charge >= 0.3 is 0 Å². The van der Waals surface area contributed by atoms with E-state index < -0.39 is 5.60 Å². The lowest BCUT2D eigenvalue weighted by Crippen LogP contribution is -2.42. The number of rotatable bonds is 7. The molecule has 0 fully saturated rings. The molecule has 0 saturated heterocycles. The molecule has 4 nitrogen and oxygen atoms in total. The van der Waals surface area contributed by atoms with E-state index in [1.165, 1.54) is 0 Å². The van der Waals surface area contributed by atoms with Crippen molar-refractivity contribution in [3.63, 3.8) is 0 Å². The van der Waals surface area contributed by atoms with E-state index >= 15 is 0 Å². The molecule has 2 aromatic rings. The number of hydrogen-bond donors (Lipinski definition) is 1. The minimum Gasteiger partial charge on any atom is -0.496 e. The van der Waals surface area contributed by atoms with Crippen LogP contribution >= 0.6 is 0 Å². The van der Waals surface area contributed by atoms with E-state index in [1.54, 1.807) is 14.2 Å². The van der Waals surface area contributed by atoms with Gasteiger partial charge in [-0.15, -0.1) is 0 Å². The molecule has 0 aromatic heterocycles. The lowest BCUT2D eigenvalue weighted by atomic mass is 9.97. The molecule has 4 heteroatoms. The zero-order chi connectivity index (χ0) is 16.9. The molecule has 2 aromatic carbocycles. The summed E-state index contributed by atoms with van der Waals surface area (Å²) in [5.74, 6) is 0.669. The first-order chi connectivity index (χ1) is 11.1. The Morgan fingerprint density at radius 1 is 1.13 bits per heavy atom. The Hall–Kier alpha value is -2.07. The molecule has 23 heavy (non-hydrogen) atoms. The topological polar surface area (TPSA) is 47.6 Å². The first-order valence-corrected chi connectivity index (χ1v) is 7.98. The molecule has 0 unspecified atom stereocenters. The zero-order valence-corrected chi connectivity index (χ0v) is 14.3. The predicted molar refractivity (Wildman–Crippen MR) is 94.1 cm³/mol. The quantitative estimate of drug-likeness (QED) is 0.824. The van der Waals surface area contributed by atoms with Crippen LogP contribution in [0, 0.1) is 0 Å². The molecule has 0 aliphatic heterocycles. The first kappa shape index (κ1) is 17.3. The Kier molecular flexibility index (Phi) is 5.61. The second-order valence-corrected chi connectivity index (χ2v) is 5.85. The van der Waals surface area contributed by atoms with Crippen LogP contribution < -0.4 is 10.1 Å². The molecule has 0 aliphatic carbocycles. The number of anilines is 1. The van der Waals surface area contributed by atoms with Crippen molar-refractivity contribution < 1.29 is 14.3 Å². The number of ether oxygens (including phenoxy) is 2. The van der Waals surface area contributed by atoms with Gasteiger partial charge in [-0.25, -0.2) is 0 Å². The van der Waals surface area contributed by atoms with E-state index in [9.17, 15) is 4.79 Å². The molecule has 2 rings (SSSR count). The monoisotopic (exact) mass is 315 g/mol. The smallest absolute Gasteiger partial charge is 0.256 e. The summed E-state index contributed by atoms with van der Waals surface area (Å²) in [5.41, 5.74) is -0.0528. The number of carbonyl (C=O) groups is 1. The van der Waals surface area contributed by atoms with Crippen molar-refractivity contribution in [2.75, 3.05) is 19.5 Å². The summed E-state index contributed by atoms with van der Waals surface area (Å²) < 4.78 is 10.9. The molecule has 0 radical (unpaired) electrons. The SMILES string of the molecule is CCCC[C@](C)(OC)C(=O)Nc1ccc(OC)c2ccccc12. The second-order valence-electron chi connectivity index (χ2n) is 5.85. The molecule has 0 spiro atoms. The predicted octanol–water partition coefficient (Wildman–Crippen LogP) is 4.38. The highest BCUT2D eigenvalue weighted by Crippen LogP contribution is 2.32. The third kappa shape index (κ3) is 3.64. The standard InChI is InChI=1S/C19H25NO3/c1-5-6-13-19(2,23-4)18(21)20-16-11-12-17(22-3)15-10-8-7-9-14(15)16/h7-12H,5-6,13H2,1-4H3,(H,20,21)/t19-/m0/s1. The number of carbonyl (C=O) groups excluding carboxylic acids is 1. The van der Waals surface area contributed by atoms with Gasteiger partial charge in [0, 0.05) is 23.6 Å². The molecule has 0 bridgehead atoms. The minimum absolute atomic E-state index is 0.122. The van der Waals surface area contributed by atoms with Gasteiger partial charge in [-0.3, -0.25) is 4.79 Å². The van der Waals surface area contributed by atoms with Crippen molar-refractivity contribution in [2.45, 2.75) is 38.7 Å². The Morgan fingerprint density at radius 2 is 1.83 bits per heavy atom. The fraction of sp³-hybridized carbons (Fsp3) is 0.421. The fourth-order valence-electron chi connectivity index (χ4n) is 2.64. The van der Waals surface area contributed by atoms with Crippen molar-refractivity contribution in [3.8, 4) is 5.75 Å². The van der Waals surface area contributed by atoms with Crippen LogP contribution in [-0.4, -0.2) is 25.7 Å². The second kappa shape index (κ2) is 7.47. The summed E-state index contributed by atoms with van der Waals surface area (Å²) in [6, 6.07) is 11.6. The lowest BCUT2D eigenvalue weighted by molar-refractivity contribution is -0.136. The molecule has 0 saturated carbocycles. The van der Waals surface area contributed by atoms with Crippen molar-refractivity contribution in [3.05, 3.63) is 36.4 Å². The Morgan fingerprint density at radius 3 is 2.43 bits per heavy atom. The maximum atomic E-state index is 12.7. The van der Waals surface area contributed by atoms with Crippen molar-refractivity contribution >= 4 is 22.4 Å². The highest BCUT2D eigenvalue weighted by atomic mass is 16.5. The number of hydrogen-bond acceptors (Lipinski definition) is 3. The average Bonchev–Trinajstić information content (AvgIpc) is 2.59. The van der Waals surface area contributed by atoms with Gasteiger partial charge in [-0.2, -0.15) is 0 Å². The van der Waals surface area contributed by atoms with Gasteiger partial charge in [0.15, 0.2) is 0 Å². The van der Waals surface area contributed by atoms with Crippen LogP contribution in [0.4, 0.5) is 5.69 Å². The summed E-state index contributed by atoms with van der Waals surface area (Å²) in [6.07, 6.45) is 2.67. The third-order valence-corrected chi connectivity index (χ3v) is 4.29. The van der Waals surface area contributed by atoms with Crippen molar-refractivity contribution in [1.29, 1.82) is 0 Å². The van der Waals surface area contributed by atoms with Crippen LogP contribution in [0.1, 0.15) is 33.1 Å². The minimum atomic E-state index is -0.822. The number of unbranched alkanes of at least 4 members (excludes halogenated alkanes) is 1. The lowest BCUT2D eigenvalue weighted by Gasteiger charge is -2.27. The van der Waals surface area contributed by atoms with E-state index in [0.717, 1.165) is 35.1 Å². The highest BCUT2D eigenvalue weighted by Gasteiger charge is 2.32. The van der Waals surface area contributed by atoms with E-state index in [4.69, 9.17) is 9.47 Å². The van der Waals surface area contributed by atoms with Gasteiger partial charge < -0.3 is 14.8 Å². The maximum Gasteiger partial charge on any atom is 0.256 e. The third-order valence-electron chi connectivity index (χ3n) is 4.29. The van der Waals surface area contributed by atoms with Gasteiger partial charge in [0.25, 0.3) is 5.91 Å². The molecule has 0 aliphatic rings. The van der Waals surface area contributed by atoms with Gasteiger partial charge in [-0.05, 0) is 25.5 Å². The molecule has 1 N–H and O–H groups in total. The van der Waals surface area contributed by atoms with E-state index in [1.807, 2.05) is 43.3 Å². The van der Waals surface area contributed by atoms with Crippen LogP contribution in [0.3, 0.4) is 0 Å². The average molecular weight is 315 g/mol.